The van der Waals surface area contributed by atoms with Gasteiger partial charge in [-0.1, -0.05) is 30.3 Å². The minimum Gasteiger partial charge on any atom is -0.410 e. The molecule has 5 heteroatoms. The lowest BCUT2D eigenvalue weighted by Gasteiger charge is -2.05. The molecule has 1 saturated carbocycles. The lowest BCUT2D eigenvalue weighted by atomic mass is 10.0. The van der Waals surface area contributed by atoms with Gasteiger partial charge in [-0.05, 0) is 31.9 Å². The Labute approximate surface area is 116 Å². The van der Waals surface area contributed by atoms with Crippen molar-refractivity contribution in [1.82, 2.24) is 5.16 Å². The van der Waals surface area contributed by atoms with Crippen LogP contribution in [-0.4, -0.2) is 11.2 Å². The van der Waals surface area contributed by atoms with E-state index >= 15 is 0 Å². The van der Waals surface area contributed by atoms with Gasteiger partial charge in [0.15, 0.2) is 5.82 Å². The van der Waals surface area contributed by atoms with Crippen LogP contribution >= 0.6 is 0 Å². The molecule has 0 spiro atoms. The number of carbonyl (C=O) groups excluding carboxylic acids is 1. The van der Waals surface area contributed by atoms with Crippen LogP contribution in [0, 0.1) is 6.92 Å². The molecule has 104 valence electrons. The summed E-state index contributed by atoms with van der Waals surface area (Å²) in [6.07, 6.45) is 1.62. The summed E-state index contributed by atoms with van der Waals surface area (Å²) < 4.78 is 10.5. The van der Waals surface area contributed by atoms with Gasteiger partial charge in [0.1, 0.15) is 11.5 Å². The summed E-state index contributed by atoms with van der Waals surface area (Å²) in [4.78, 5) is 11.8. The first-order valence-electron chi connectivity index (χ1n) is 6.59. The average Bonchev–Trinajstić information content (AvgIpc) is 3.07. The van der Waals surface area contributed by atoms with E-state index in [1.165, 1.54) is 0 Å². The number of nitrogens with one attached hydrogen (secondary N) is 1. The van der Waals surface area contributed by atoms with Crippen molar-refractivity contribution in [2.75, 3.05) is 5.32 Å². The number of benzene rings is 1. The highest BCUT2D eigenvalue weighted by Gasteiger charge is 2.44. The lowest BCUT2D eigenvalue weighted by molar-refractivity contribution is 0.215. The Morgan fingerprint density at radius 3 is 2.70 bits per heavy atom. The molecule has 1 aliphatic carbocycles. The van der Waals surface area contributed by atoms with Crippen LogP contribution in [0.5, 0.6) is 5.75 Å². The average molecular weight is 272 g/mol. The zero-order valence-electron chi connectivity index (χ0n) is 11.5. The van der Waals surface area contributed by atoms with Crippen LogP contribution in [0.1, 0.15) is 31.1 Å². The normalized spacial score (nSPS) is 15.7. The maximum absolute atomic E-state index is 11.8. The summed E-state index contributed by atoms with van der Waals surface area (Å²) in [5.41, 5.74) is 0.954. The number of rotatable bonds is 3. The Balaban J connectivity index is 1.69. The number of para-hydroxylation sites is 1. The fourth-order valence-electron chi connectivity index (χ4n) is 2.15. The van der Waals surface area contributed by atoms with Gasteiger partial charge in [-0.2, -0.15) is 0 Å². The zero-order chi connectivity index (χ0) is 14.2. The summed E-state index contributed by atoms with van der Waals surface area (Å²) in [5, 5.41) is 6.53. The van der Waals surface area contributed by atoms with Gasteiger partial charge in [0.2, 0.25) is 0 Å². The first-order valence-corrected chi connectivity index (χ1v) is 6.59. The minimum atomic E-state index is -0.569. The number of amides is 1. The summed E-state index contributed by atoms with van der Waals surface area (Å²) >= 11 is 0. The quantitative estimate of drug-likeness (QED) is 0.926. The standard InChI is InChI=1S/C15H16N2O3/c1-10-12(15(2)8-9-15)20-17-13(10)16-14(18)19-11-6-4-3-5-7-11/h3-7H,8-9H2,1-2H3,(H,16,17,18). The molecule has 1 heterocycles. The van der Waals surface area contributed by atoms with Crippen molar-refractivity contribution < 1.29 is 14.1 Å². The summed E-state index contributed by atoms with van der Waals surface area (Å²) in [6.45, 7) is 4.03. The van der Waals surface area contributed by atoms with E-state index in [0.29, 0.717) is 11.6 Å². The molecule has 1 aromatic heterocycles. The van der Waals surface area contributed by atoms with Gasteiger partial charge in [0, 0.05) is 11.0 Å². The van der Waals surface area contributed by atoms with Crippen LogP contribution in [0.4, 0.5) is 10.6 Å². The third-order valence-corrected chi connectivity index (χ3v) is 3.65. The molecule has 1 fully saturated rings. The van der Waals surface area contributed by atoms with Gasteiger partial charge in [-0.15, -0.1) is 0 Å². The Bertz CT molecular complexity index is 630. The molecule has 0 aliphatic heterocycles. The van der Waals surface area contributed by atoms with Gasteiger partial charge in [-0.3, -0.25) is 5.32 Å². The predicted octanol–water partition coefficient (Wildman–Crippen LogP) is 3.65. The Hall–Kier alpha value is -2.30. The van der Waals surface area contributed by atoms with Crippen molar-refractivity contribution in [3.63, 3.8) is 0 Å². The Morgan fingerprint density at radius 1 is 1.35 bits per heavy atom. The third-order valence-electron chi connectivity index (χ3n) is 3.65. The molecule has 20 heavy (non-hydrogen) atoms. The van der Waals surface area contributed by atoms with E-state index in [1.54, 1.807) is 24.3 Å². The Kier molecular flexibility index (Phi) is 2.97. The molecular weight excluding hydrogens is 256 g/mol. The highest BCUT2D eigenvalue weighted by Crippen LogP contribution is 2.49. The number of hydrogen-bond donors (Lipinski definition) is 1. The maximum Gasteiger partial charge on any atom is 0.418 e. The summed E-state index contributed by atoms with van der Waals surface area (Å²) in [7, 11) is 0. The largest absolute Gasteiger partial charge is 0.418 e. The van der Waals surface area contributed by atoms with E-state index in [2.05, 4.69) is 17.4 Å². The second kappa shape index (κ2) is 4.67. The molecule has 0 radical (unpaired) electrons. The number of hydrogen-bond acceptors (Lipinski definition) is 4. The number of aromatic nitrogens is 1. The summed E-state index contributed by atoms with van der Waals surface area (Å²) in [6, 6.07) is 8.89. The second-order valence-corrected chi connectivity index (χ2v) is 5.37. The van der Waals surface area contributed by atoms with Crippen LogP contribution in [0.25, 0.3) is 0 Å². The monoisotopic (exact) mass is 272 g/mol. The highest BCUT2D eigenvalue weighted by molar-refractivity contribution is 5.86. The van der Waals surface area contributed by atoms with Crippen molar-refractivity contribution in [1.29, 1.82) is 0 Å². The van der Waals surface area contributed by atoms with Crippen LogP contribution in [0.15, 0.2) is 34.9 Å². The smallest absolute Gasteiger partial charge is 0.410 e. The third kappa shape index (κ3) is 2.39. The van der Waals surface area contributed by atoms with Crippen LogP contribution < -0.4 is 10.1 Å². The van der Waals surface area contributed by atoms with E-state index in [-0.39, 0.29) is 5.41 Å². The zero-order valence-corrected chi connectivity index (χ0v) is 11.5. The number of nitrogens with zero attached hydrogens (tertiary/aromatic N) is 1. The SMILES string of the molecule is Cc1c(NC(=O)Oc2ccccc2)noc1C1(C)CC1. The molecule has 0 bridgehead atoms. The van der Waals surface area contributed by atoms with Gasteiger partial charge in [-0.25, -0.2) is 4.79 Å². The first kappa shape index (κ1) is 12.7. The lowest BCUT2D eigenvalue weighted by Crippen LogP contribution is -2.17. The topological polar surface area (TPSA) is 64.4 Å². The van der Waals surface area contributed by atoms with E-state index in [1.807, 2.05) is 13.0 Å². The van der Waals surface area contributed by atoms with Crippen LogP contribution in [0.2, 0.25) is 0 Å². The molecule has 0 atom stereocenters. The van der Waals surface area contributed by atoms with Gasteiger partial charge < -0.3 is 9.26 Å². The molecule has 3 rings (SSSR count). The van der Waals surface area contributed by atoms with E-state index in [9.17, 15) is 4.79 Å². The first-order chi connectivity index (χ1) is 9.58. The molecule has 1 N–H and O–H groups in total. The van der Waals surface area contributed by atoms with Crippen molar-refractivity contribution in [3.8, 4) is 5.75 Å². The van der Waals surface area contributed by atoms with Crippen molar-refractivity contribution in [2.24, 2.45) is 0 Å². The number of anilines is 1. The summed E-state index contributed by atoms with van der Waals surface area (Å²) in [5.74, 6) is 1.77. The van der Waals surface area contributed by atoms with Crippen molar-refractivity contribution in [3.05, 3.63) is 41.7 Å². The number of carbonyl (C=O) groups is 1. The van der Waals surface area contributed by atoms with Gasteiger partial charge in [0.05, 0.1) is 0 Å². The molecule has 0 saturated heterocycles. The second-order valence-electron chi connectivity index (χ2n) is 5.37. The van der Waals surface area contributed by atoms with Gasteiger partial charge >= 0.3 is 6.09 Å². The minimum absolute atomic E-state index is 0.0837. The van der Waals surface area contributed by atoms with Crippen molar-refractivity contribution in [2.45, 2.75) is 32.1 Å². The Morgan fingerprint density at radius 2 is 2.05 bits per heavy atom. The molecule has 1 amide bonds. The predicted molar refractivity (Wildman–Crippen MR) is 73.9 cm³/mol. The molecule has 5 nitrogen and oxygen atoms in total. The molecule has 1 aromatic carbocycles. The molecule has 0 unspecified atom stereocenters. The van der Waals surface area contributed by atoms with E-state index in [4.69, 9.17) is 9.26 Å². The molecule has 2 aromatic rings. The number of ether oxygens (including phenoxy) is 1. The van der Waals surface area contributed by atoms with E-state index < -0.39 is 6.09 Å². The van der Waals surface area contributed by atoms with E-state index in [0.717, 1.165) is 24.2 Å². The van der Waals surface area contributed by atoms with Gasteiger partial charge in [0.25, 0.3) is 0 Å². The van der Waals surface area contributed by atoms with Crippen LogP contribution in [0.3, 0.4) is 0 Å². The maximum atomic E-state index is 11.8. The fraction of sp³-hybridized carbons (Fsp3) is 0.333. The fourth-order valence-corrected chi connectivity index (χ4v) is 2.15. The highest BCUT2D eigenvalue weighted by atomic mass is 16.6. The molecule has 1 aliphatic rings. The van der Waals surface area contributed by atoms with Crippen LogP contribution in [-0.2, 0) is 5.41 Å². The van der Waals surface area contributed by atoms with Crippen molar-refractivity contribution >= 4 is 11.9 Å². The molecular formula is C15H16N2O3.